The highest BCUT2D eigenvalue weighted by molar-refractivity contribution is 7.80. The Labute approximate surface area is 135 Å². The van der Waals surface area contributed by atoms with E-state index in [9.17, 15) is 9.59 Å². The lowest BCUT2D eigenvalue weighted by Gasteiger charge is -2.13. The first-order valence-corrected chi connectivity index (χ1v) is 7.79. The van der Waals surface area contributed by atoms with E-state index in [0.29, 0.717) is 23.6 Å². The molecule has 1 amide bonds. The summed E-state index contributed by atoms with van der Waals surface area (Å²) < 4.78 is 4.72. The Bertz CT molecular complexity index is 568. The largest absolute Gasteiger partial charge is 0.465 e. The molecule has 0 unspecified atom stereocenters. The molecule has 1 fully saturated rings. The fourth-order valence-corrected chi connectivity index (χ4v) is 2.91. The average Bonchev–Trinajstić information content (AvgIpc) is 2.99. The summed E-state index contributed by atoms with van der Waals surface area (Å²) in [5.74, 6) is -0.0757. The number of hydrogen-bond acceptors (Lipinski definition) is 4. The van der Waals surface area contributed by atoms with E-state index in [1.54, 1.807) is 24.3 Å². The first-order valence-electron chi connectivity index (χ1n) is 7.38. The zero-order valence-electron chi connectivity index (χ0n) is 12.6. The van der Waals surface area contributed by atoms with Crippen molar-refractivity contribution in [3.63, 3.8) is 0 Å². The van der Waals surface area contributed by atoms with Gasteiger partial charge in [0, 0.05) is 6.42 Å². The van der Waals surface area contributed by atoms with Crippen LogP contribution in [-0.4, -0.2) is 24.1 Å². The highest BCUT2D eigenvalue weighted by Gasteiger charge is 2.19. The van der Waals surface area contributed by atoms with Gasteiger partial charge in [-0.1, -0.05) is 25.0 Å². The summed E-state index contributed by atoms with van der Waals surface area (Å²) in [5, 5.41) is 5.74. The number of anilines is 1. The van der Waals surface area contributed by atoms with Gasteiger partial charge >= 0.3 is 5.97 Å². The number of hydrogen-bond donors (Lipinski definition) is 2. The number of ether oxygens (including phenoxy) is 1. The lowest BCUT2D eigenvalue weighted by Crippen LogP contribution is -2.35. The number of thiocarbonyl (C=S) groups is 1. The third-order valence-corrected chi connectivity index (χ3v) is 3.99. The predicted octanol–water partition coefficient (Wildman–Crippen LogP) is 2.87. The Balaban J connectivity index is 1.91. The molecule has 0 aromatic heterocycles. The molecular formula is C16H20N2O3S. The minimum Gasteiger partial charge on any atom is -0.465 e. The maximum atomic E-state index is 11.9. The molecule has 1 aromatic rings. The molecule has 6 heteroatoms. The Morgan fingerprint density at radius 2 is 1.95 bits per heavy atom. The monoisotopic (exact) mass is 320 g/mol. The van der Waals surface area contributed by atoms with Gasteiger partial charge in [0.2, 0.25) is 5.91 Å². The highest BCUT2D eigenvalue weighted by Crippen LogP contribution is 2.27. The standard InChI is InChI=1S/C16H20N2O3S/c1-21-15(20)12-8-4-5-9-13(12)17-16(22)18-14(19)10-11-6-2-3-7-11/h4-5,8-9,11H,2-3,6-7,10H2,1H3,(H2,17,18,19,22). The predicted molar refractivity (Wildman–Crippen MR) is 88.7 cm³/mol. The van der Waals surface area contributed by atoms with Crippen molar-refractivity contribution in [2.75, 3.05) is 12.4 Å². The molecule has 1 aromatic carbocycles. The zero-order valence-corrected chi connectivity index (χ0v) is 13.4. The average molecular weight is 320 g/mol. The SMILES string of the molecule is COC(=O)c1ccccc1NC(=S)NC(=O)CC1CCCC1. The molecule has 0 saturated heterocycles. The van der Waals surface area contributed by atoms with Crippen molar-refractivity contribution in [1.29, 1.82) is 0 Å². The molecule has 0 bridgehead atoms. The number of methoxy groups -OCH3 is 1. The Morgan fingerprint density at radius 3 is 2.64 bits per heavy atom. The first-order chi connectivity index (χ1) is 10.6. The number of para-hydroxylation sites is 1. The van der Waals surface area contributed by atoms with E-state index < -0.39 is 5.97 Å². The van der Waals surface area contributed by atoms with Crippen LogP contribution in [0.5, 0.6) is 0 Å². The van der Waals surface area contributed by atoms with Gasteiger partial charge in [0.1, 0.15) is 0 Å². The number of carbonyl (C=O) groups is 2. The van der Waals surface area contributed by atoms with Crippen LogP contribution in [0.1, 0.15) is 42.5 Å². The van der Waals surface area contributed by atoms with Crippen molar-refractivity contribution in [3.05, 3.63) is 29.8 Å². The fraction of sp³-hybridized carbons (Fsp3) is 0.438. The van der Waals surface area contributed by atoms with Crippen LogP contribution in [0.4, 0.5) is 5.69 Å². The van der Waals surface area contributed by atoms with Crippen molar-refractivity contribution in [2.45, 2.75) is 32.1 Å². The number of nitrogens with one attached hydrogen (secondary N) is 2. The molecule has 5 nitrogen and oxygen atoms in total. The molecule has 1 aliphatic carbocycles. The van der Waals surface area contributed by atoms with Crippen LogP contribution in [0.3, 0.4) is 0 Å². The highest BCUT2D eigenvalue weighted by atomic mass is 32.1. The van der Waals surface area contributed by atoms with Gasteiger partial charge in [0.05, 0.1) is 18.4 Å². The second kappa shape index (κ2) is 7.89. The van der Waals surface area contributed by atoms with Crippen LogP contribution in [0.15, 0.2) is 24.3 Å². The summed E-state index contributed by atoms with van der Waals surface area (Å²) in [4.78, 5) is 23.6. The molecule has 0 radical (unpaired) electrons. The topological polar surface area (TPSA) is 67.4 Å². The molecule has 1 aliphatic rings. The smallest absolute Gasteiger partial charge is 0.339 e. The number of carbonyl (C=O) groups excluding carboxylic acids is 2. The van der Waals surface area contributed by atoms with Gasteiger partial charge in [-0.3, -0.25) is 4.79 Å². The molecular weight excluding hydrogens is 300 g/mol. The zero-order chi connectivity index (χ0) is 15.9. The lowest BCUT2D eigenvalue weighted by molar-refractivity contribution is -0.120. The van der Waals surface area contributed by atoms with E-state index in [2.05, 4.69) is 10.6 Å². The molecule has 2 N–H and O–H groups in total. The lowest BCUT2D eigenvalue weighted by atomic mass is 10.0. The molecule has 0 aliphatic heterocycles. The van der Waals surface area contributed by atoms with Crippen molar-refractivity contribution < 1.29 is 14.3 Å². The minimum atomic E-state index is -0.455. The number of rotatable bonds is 4. The second-order valence-corrected chi connectivity index (χ2v) is 5.80. The van der Waals surface area contributed by atoms with Crippen molar-refractivity contribution in [1.82, 2.24) is 5.32 Å². The van der Waals surface area contributed by atoms with Crippen LogP contribution in [-0.2, 0) is 9.53 Å². The van der Waals surface area contributed by atoms with Gasteiger partial charge in [-0.05, 0) is 43.1 Å². The van der Waals surface area contributed by atoms with Crippen LogP contribution >= 0.6 is 12.2 Å². The maximum Gasteiger partial charge on any atom is 0.339 e. The normalized spacial score (nSPS) is 14.4. The van der Waals surface area contributed by atoms with Crippen LogP contribution in [0.25, 0.3) is 0 Å². The molecule has 118 valence electrons. The Kier molecular flexibility index (Phi) is 5.89. The third kappa shape index (κ3) is 4.53. The molecule has 0 atom stereocenters. The van der Waals surface area contributed by atoms with Gasteiger partial charge in [0.25, 0.3) is 0 Å². The second-order valence-electron chi connectivity index (χ2n) is 5.39. The minimum absolute atomic E-state index is 0.0834. The van der Waals surface area contributed by atoms with Crippen molar-refractivity contribution >= 4 is 34.9 Å². The van der Waals surface area contributed by atoms with E-state index in [1.807, 2.05) is 0 Å². The molecule has 0 heterocycles. The summed E-state index contributed by atoms with van der Waals surface area (Å²) in [7, 11) is 1.32. The third-order valence-electron chi connectivity index (χ3n) is 3.78. The number of esters is 1. The van der Waals surface area contributed by atoms with Gasteiger partial charge in [0.15, 0.2) is 5.11 Å². The van der Waals surface area contributed by atoms with E-state index in [-0.39, 0.29) is 11.0 Å². The van der Waals surface area contributed by atoms with E-state index in [1.165, 1.54) is 20.0 Å². The fourth-order valence-electron chi connectivity index (χ4n) is 2.69. The first kappa shape index (κ1) is 16.4. The summed E-state index contributed by atoms with van der Waals surface area (Å²) in [6.07, 6.45) is 5.12. The van der Waals surface area contributed by atoms with Gasteiger partial charge in [-0.15, -0.1) is 0 Å². The molecule has 0 spiro atoms. The number of benzene rings is 1. The quantitative estimate of drug-likeness (QED) is 0.659. The summed E-state index contributed by atoms with van der Waals surface area (Å²) >= 11 is 5.14. The van der Waals surface area contributed by atoms with Gasteiger partial charge in [-0.2, -0.15) is 0 Å². The molecule has 1 saturated carbocycles. The van der Waals surface area contributed by atoms with Crippen LogP contribution in [0.2, 0.25) is 0 Å². The summed E-state index contributed by atoms with van der Waals surface area (Å²) in [5.41, 5.74) is 0.887. The van der Waals surface area contributed by atoms with Gasteiger partial charge < -0.3 is 15.4 Å². The van der Waals surface area contributed by atoms with Gasteiger partial charge in [-0.25, -0.2) is 4.79 Å². The maximum absolute atomic E-state index is 11.9. The van der Waals surface area contributed by atoms with E-state index in [4.69, 9.17) is 17.0 Å². The molecule has 2 rings (SSSR count). The molecule has 22 heavy (non-hydrogen) atoms. The Hall–Kier alpha value is -1.95. The van der Waals surface area contributed by atoms with E-state index >= 15 is 0 Å². The van der Waals surface area contributed by atoms with Crippen LogP contribution < -0.4 is 10.6 Å². The Morgan fingerprint density at radius 1 is 1.27 bits per heavy atom. The van der Waals surface area contributed by atoms with Crippen molar-refractivity contribution in [2.24, 2.45) is 5.92 Å². The van der Waals surface area contributed by atoms with Crippen molar-refractivity contribution in [3.8, 4) is 0 Å². The van der Waals surface area contributed by atoms with Crippen LogP contribution in [0, 0.1) is 5.92 Å². The van der Waals surface area contributed by atoms with E-state index in [0.717, 1.165) is 12.8 Å². The summed E-state index contributed by atoms with van der Waals surface area (Å²) in [6.45, 7) is 0. The summed E-state index contributed by atoms with van der Waals surface area (Å²) in [6, 6.07) is 6.86. The number of amides is 1.